The number of hydrogen-bond donors (Lipinski definition) is 1. The van der Waals surface area contributed by atoms with Crippen LogP contribution in [-0.4, -0.2) is 15.9 Å². The van der Waals surface area contributed by atoms with Gasteiger partial charge in [0.25, 0.3) is 5.91 Å². The molecule has 32 heavy (non-hydrogen) atoms. The van der Waals surface area contributed by atoms with Crippen LogP contribution >= 0.6 is 0 Å². The summed E-state index contributed by atoms with van der Waals surface area (Å²) in [6.45, 7) is 1.81. The lowest BCUT2D eigenvalue weighted by molar-refractivity contribution is 0.0757. The van der Waals surface area contributed by atoms with Crippen molar-refractivity contribution in [2.75, 3.05) is 0 Å². The van der Waals surface area contributed by atoms with Crippen molar-refractivity contribution in [2.24, 2.45) is 0 Å². The Bertz CT molecular complexity index is 1230. The molecule has 0 radical (unpaired) electrons. The Hall–Kier alpha value is -4.13. The van der Waals surface area contributed by atoms with Crippen molar-refractivity contribution < 1.29 is 18.4 Å². The van der Waals surface area contributed by atoms with Crippen LogP contribution in [0.1, 0.15) is 27.0 Å². The van der Waals surface area contributed by atoms with Crippen molar-refractivity contribution in [3.8, 4) is 17.0 Å². The third-order valence-electron chi connectivity index (χ3n) is 4.89. The lowest BCUT2D eigenvalue weighted by atomic mass is 10.0. The first-order chi connectivity index (χ1) is 15.5. The first-order valence-corrected chi connectivity index (χ1v) is 9.87. The van der Waals surface area contributed by atoms with E-state index in [1.54, 1.807) is 42.9 Å². The average Bonchev–Trinajstić information content (AvgIpc) is 2.79. The first-order valence-electron chi connectivity index (χ1n) is 9.87. The number of rotatable bonds is 6. The summed E-state index contributed by atoms with van der Waals surface area (Å²) < 4.78 is 27.4. The van der Waals surface area contributed by atoms with Gasteiger partial charge in [-0.2, -0.15) is 5.48 Å². The third kappa shape index (κ3) is 4.78. The van der Waals surface area contributed by atoms with E-state index < -0.39 is 17.5 Å². The fourth-order valence-corrected chi connectivity index (χ4v) is 3.39. The molecule has 0 aliphatic carbocycles. The van der Waals surface area contributed by atoms with Crippen LogP contribution in [0.25, 0.3) is 11.3 Å². The molecule has 0 fully saturated rings. The van der Waals surface area contributed by atoms with E-state index in [-0.39, 0.29) is 6.42 Å². The molecule has 0 unspecified atom stereocenters. The summed E-state index contributed by atoms with van der Waals surface area (Å²) in [5.41, 5.74) is 6.00. The third-order valence-corrected chi connectivity index (χ3v) is 4.89. The molecule has 0 bridgehead atoms. The first kappa shape index (κ1) is 21.1. The van der Waals surface area contributed by atoms with Crippen molar-refractivity contribution in [3.05, 3.63) is 113 Å². The lowest BCUT2D eigenvalue weighted by Gasteiger charge is -2.17. The number of amides is 1. The summed E-state index contributed by atoms with van der Waals surface area (Å²) >= 11 is 0. The Morgan fingerprint density at radius 1 is 1.00 bits per heavy atom. The molecule has 0 aliphatic heterocycles. The van der Waals surface area contributed by atoms with Gasteiger partial charge in [-0.05, 0) is 48.9 Å². The molecule has 0 saturated heterocycles. The van der Waals surface area contributed by atoms with Gasteiger partial charge >= 0.3 is 0 Å². The van der Waals surface area contributed by atoms with Crippen LogP contribution in [-0.2, 0) is 6.42 Å². The normalized spacial score (nSPS) is 10.6. The molecule has 0 spiro atoms. The number of pyridine rings is 2. The summed E-state index contributed by atoms with van der Waals surface area (Å²) in [6, 6.07) is 15.6. The van der Waals surface area contributed by atoms with E-state index in [9.17, 15) is 13.6 Å². The zero-order valence-electron chi connectivity index (χ0n) is 17.2. The molecule has 1 N–H and O–H groups in total. The van der Waals surface area contributed by atoms with Crippen molar-refractivity contribution in [1.29, 1.82) is 0 Å². The van der Waals surface area contributed by atoms with E-state index in [4.69, 9.17) is 4.84 Å². The summed E-state index contributed by atoms with van der Waals surface area (Å²) in [7, 11) is 0. The minimum atomic E-state index is -0.669. The second kappa shape index (κ2) is 9.34. The van der Waals surface area contributed by atoms with Gasteiger partial charge in [0.2, 0.25) is 0 Å². The Labute approximate surface area is 183 Å². The number of hydroxylamine groups is 1. The zero-order valence-corrected chi connectivity index (χ0v) is 17.2. The Morgan fingerprint density at radius 2 is 1.69 bits per heavy atom. The molecule has 7 heteroatoms. The quantitative estimate of drug-likeness (QED) is 0.434. The standard InChI is InChI=1S/C25H19F2N3O2/c1-16-23(18-7-9-28-10-8-18)29-15-20(11-17-12-21(26)14-22(27)13-17)24(16)32-30-25(31)19-5-3-2-4-6-19/h2-10,12-15H,11H2,1H3,(H,30,31). The number of carbonyl (C=O) groups is 1. The molecule has 4 rings (SSSR count). The Balaban J connectivity index is 1.70. The summed E-state index contributed by atoms with van der Waals surface area (Å²) in [6.07, 6.45) is 5.04. The molecule has 2 aromatic heterocycles. The van der Waals surface area contributed by atoms with Crippen LogP contribution in [0.5, 0.6) is 5.75 Å². The van der Waals surface area contributed by atoms with Gasteiger partial charge in [0, 0.05) is 53.3 Å². The molecule has 0 aliphatic rings. The summed E-state index contributed by atoms with van der Waals surface area (Å²) in [5, 5.41) is 0. The van der Waals surface area contributed by atoms with E-state index in [0.717, 1.165) is 11.6 Å². The van der Waals surface area contributed by atoms with Gasteiger partial charge < -0.3 is 4.84 Å². The molecule has 0 saturated carbocycles. The smallest absolute Gasteiger partial charge is 0.283 e. The van der Waals surface area contributed by atoms with Crippen LogP contribution in [0, 0.1) is 18.6 Å². The molecule has 2 heterocycles. The molecular weight excluding hydrogens is 412 g/mol. The second-order valence-corrected chi connectivity index (χ2v) is 7.18. The van der Waals surface area contributed by atoms with Gasteiger partial charge in [-0.3, -0.25) is 14.8 Å². The maximum absolute atomic E-state index is 13.7. The van der Waals surface area contributed by atoms with Gasteiger partial charge in [0.05, 0.1) is 5.69 Å². The predicted octanol–water partition coefficient (Wildman–Crippen LogP) is 5.04. The molecule has 160 valence electrons. The van der Waals surface area contributed by atoms with Crippen molar-refractivity contribution in [2.45, 2.75) is 13.3 Å². The number of halogens is 2. The lowest BCUT2D eigenvalue weighted by Crippen LogP contribution is -2.28. The van der Waals surface area contributed by atoms with E-state index in [0.29, 0.717) is 33.7 Å². The Kier molecular flexibility index (Phi) is 6.17. The van der Waals surface area contributed by atoms with Crippen molar-refractivity contribution >= 4 is 5.91 Å². The molecule has 1 amide bonds. The van der Waals surface area contributed by atoms with Crippen LogP contribution in [0.2, 0.25) is 0 Å². The maximum atomic E-state index is 13.7. The summed E-state index contributed by atoms with van der Waals surface area (Å²) in [5.74, 6) is -1.40. The number of nitrogens with one attached hydrogen (secondary N) is 1. The number of aromatic nitrogens is 2. The van der Waals surface area contributed by atoms with Gasteiger partial charge in [-0.1, -0.05) is 18.2 Å². The summed E-state index contributed by atoms with van der Waals surface area (Å²) in [4.78, 5) is 26.8. The fourth-order valence-electron chi connectivity index (χ4n) is 3.39. The van der Waals surface area contributed by atoms with Crippen LogP contribution in [0.15, 0.2) is 79.3 Å². The Morgan fingerprint density at radius 3 is 2.38 bits per heavy atom. The van der Waals surface area contributed by atoms with Gasteiger partial charge in [0.15, 0.2) is 5.75 Å². The van der Waals surface area contributed by atoms with Crippen LogP contribution in [0.4, 0.5) is 8.78 Å². The molecule has 4 aromatic rings. The number of carbonyl (C=O) groups excluding carboxylic acids is 1. The highest BCUT2D eigenvalue weighted by molar-refractivity contribution is 5.93. The van der Waals surface area contributed by atoms with Crippen LogP contribution in [0.3, 0.4) is 0 Å². The molecule has 0 atom stereocenters. The van der Waals surface area contributed by atoms with Gasteiger partial charge in [-0.15, -0.1) is 0 Å². The van der Waals surface area contributed by atoms with E-state index in [1.165, 1.54) is 12.1 Å². The van der Waals surface area contributed by atoms with E-state index in [2.05, 4.69) is 15.4 Å². The SMILES string of the molecule is Cc1c(-c2ccncc2)ncc(Cc2cc(F)cc(F)c2)c1ONC(=O)c1ccccc1. The number of nitrogens with zero attached hydrogens (tertiary/aromatic N) is 2. The highest BCUT2D eigenvalue weighted by Crippen LogP contribution is 2.32. The zero-order chi connectivity index (χ0) is 22.5. The maximum Gasteiger partial charge on any atom is 0.283 e. The number of hydrogen-bond acceptors (Lipinski definition) is 4. The highest BCUT2D eigenvalue weighted by atomic mass is 19.1. The number of benzene rings is 2. The monoisotopic (exact) mass is 431 g/mol. The van der Waals surface area contributed by atoms with Crippen LogP contribution < -0.4 is 10.3 Å². The molecule has 2 aromatic carbocycles. The van der Waals surface area contributed by atoms with Crippen molar-refractivity contribution in [1.82, 2.24) is 15.4 Å². The molecule has 5 nitrogen and oxygen atoms in total. The van der Waals surface area contributed by atoms with Crippen molar-refractivity contribution in [3.63, 3.8) is 0 Å². The molecular formula is C25H19F2N3O2. The largest absolute Gasteiger partial charge is 0.379 e. The minimum absolute atomic E-state index is 0.162. The highest BCUT2D eigenvalue weighted by Gasteiger charge is 2.17. The van der Waals surface area contributed by atoms with E-state index in [1.807, 2.05) is 25.1 Å². The van der Waals surface area contributed by atoms with E-state index >= 15 is 0 Å². The predicted molar refractivity (Wildman–Crippen MR) is 116 cm³/mol. The second-order valence-electron chi connectivity index (χ2n) is 7.18. The minimum Gasteiger partial charge on any atom is -0.379 e. The van der Waals surface area contributed by atoms with Gasteiger partial charge in [0.1, 0.15) is 11.6 Å². The topological polar surface area (TPSA) is 64.1 Å². The van der Waals surface area contributed by atoms with Gasteiger partial charge in [-0.25, -0.2) is 8.78 Å². The average molecular weight is 431 g/mol. The fraction of sp³-hybridized carbons (Fsp3) is 0.0800.